The van der Waals surface area contributed by atoms with Crippen molar-refractivity contribution in [2.24, 2.45) is 5.92 Å². The van der Waals surface area contributed by atoms with Crippen LogP contribution in [-0.4, -0.2) is 76.3 Å². The van der Waals surface area contributed by atoms with Crippen LogP contribution in [0.2, 0.25) is 0 Å². The highest BCUT2D eigenvalue weighted by Gasteiger charge is 2.26. The zero-order chi connectivity index (χ0) is 20.4. The number of aryl methyl sites for hydroxylation is 1. The lowest BCUT2D eigenvalue weighted by molar-refractivity contribution is -0.133. The van der Waals surface area contributed by atoms with Gasteiger partial charge in [-0.2, -0.15) is 5.10 Å². The number of aromatic nitrogens is 3. The van der Waals surface area contributed by atoms with Crippen LogP contribution < -0.4 is 4.90 Å². The Kier molecular flexibility index (Phi) is 5.85. The molecule has 156 valence electrons. The van der Waals surface area contributed by atoms with Gasteiger partial charge in [0.2, 0.25) is 5.91 Å². The summed E-state index contributed by atoms with van der Waals surface area (Å²) in [6.07, 6.45) is 4.07. The van der Waals surface area contributed by atoms with Crippen molar-refractivity contribution in [3.63, 3.8) is 0 Å². The van der Waals surface area contributed by atoms with Gasteiger partial charge in [0.05, 0.1) is 23.6 Å². The molecule has 0 saturated carbocycles. The van der Waals surface area contributed by atoms with Crippen LogP contribution >= 0.6 is 0 Å². The molecule has 2 aliphatic rings. The van der Waals surface area contributed by atoms with Gasteiger partial charge in [0.1, 0.15) is 0 Å². The summed E-state index contributed by atoms with van der Waals surface area (Å²) in [4.78, 5) is 23.8. The van der Waals surface area contributed by atoms with Gasteiger partial charge in [0, 0.05) is 45.5 Å². The van der Waals surface area contributed by atoms with Crippen LogP contribution in [0.1, 0.15) is 31.2 Å². The van der Waals surface area contributed by atoms with Crippen LogP contribution in [0.5, 0.6) is 0 Å². The monoisotopic (exact) mass is 396 g/mol. The minimum absolute atomic E-state index is 0.292. The number of carbonyl (C=O) groups excluding carboxylic acids is 1. The maximum Gasteiger partial charge on any atom is 0.236 e. The zero-order valence-electron chi connectivity index (χ0n) is 17.8. The summed E-state index contributed by atoms with van der Waals surface area (Å²) in [6, 6.07) is 5.88. The summed E-state index contributed by atoms with van der Waals surface area (Å²) >= 11 is 0. The van der Waals surface area contributed by atoms with E-state index in [1.807, 2.05) is 22.9 Å². The Balaban J connectivity index is 1.36. The fraction of sp³-hybridized carbons (Fsp3) is 0.591. The number of amides is 1. The number of hydrogen-bond donors (Lipinski definition) is 0. The third-order valence-electron chi connectivity index (χ3n) is 6.30. The first kappa shape index (κ1) is 19.9. The second kappa shape index (κ2) is 8.53. The van der Waals surface area contributed by atoms with Crippen LogP contribution in [0.4, 0.5) is 5.69 Å². The van der Waals surface area contributed by atoms with E-state index in [2.05, 4.69) is 40.5 Å². The van der Waals surface area contributed by atoms with E-state index in [1.165, 1.54) is 5.69 Å². The molecule has 0 unspecified atom stereocenters. The molecule has 2 saturated heterocycles. The van der Waals surface area contributed by atoms with Gasteiger partial charge in [-0.1, -0.05) is 13.0 Å². The van der Waals surface area contributed by atoms with Crippen LogP contribution in [-0.2, 0) is 4.79 Å². The van der Waals surface area contributed by atoms with Gasteiger partial charge in [-0.15, -0.1) is 0 Å². The third kappa shape index (κ3) is 4.29. The summed E-state index contributed by atoms with van der Waals surface area (Å²) in [5.74, 6) is 1.89. The lowest BCUT2D eigenvalue weighted by Crippen LogP contribution is -2.51. The van der Waals surface area contributed by atoms with Gasteiger partial charge in [-0.05, 0) is 44.7 Å². The van der Waals surface area contributed by atoms with Crippen LogP contribution in [0.25, 0.3) is 5.82 Å². The molecular weight excluding hydrogens is 364 g/mol. The highest BCUT2D eigenvalue weighted by atomic mass is 16.2. The molecule has 2 aromatic heterocycles. The van der Waals surface area contributed by atoms with Crippen molar-refractivity contribution >= 4 is 11.6 Å². The average molecular weight is 397 g/mol. The minimum Gasteiger partial charge on any atom is -0.366 e. The first-order chi connectivity index (χ1) is 14.0. The fourth-order valence-corrected chi connectivity index (χ4v) is 4.47. The minimum atomic E-state index is 0.292. The van der Waals surface area contributed by atoms with Crippen LogP contribution in [0.3, 0.4) is 0 Å². The molecular formula is C22H32N6O. The largest absolute Gasteiger partial charge is 0.366 e. The van der Waals surface area contributed by atoms with Crippen molar-refractivity contribution in [2.75, 3.05) is 50.7 Å². The highest BCUT2D eigenvalue weighted by molar-refractivity contribution is 5.78. The van der Waals surface area contributed by atoms with E-state index in [0.717, 1.165) is 75.2 Å². The van der Waals surface area contributed by atoms with Crippen molar-refractivity contribution in [2.45, 2.75) is 33.6 Å². The molecule has 0 aliphatic carbocycles. The van der Waals surface area contributed by atoms with Crippen molar-refractivity contribution in [3.05, 3.63) is 35.8 Å². The number of piperidine rings is 1. The molecule has 4 heterocycles. The molecule has 1 amide bonds. The molecule has 0 N–H and O–H groups in total. The molecule has 0 bridgehead atoms. The SMILES string of the molecule is Cc1nn(-c2ccccn2)c(C)c1N1CCN(CC(=O)N2CCC(C)CC2)CC1. The number of rotatable bonds is 4. The molecule has 0 spiro atoms. The van der Waals surface area contributed by atoms with E-state index in [4.69, 9.17) is 5.10 Å². The van der Waals surface area contributed by atoms with E-state index < -0.39 is 0 Å². The zero-order valence-corrected chi connectivity index (χ0v) is 17.8. The third-order valence-corrected chi connectivity index (χ3v) is 6.30. The number of pyridine rings is 1. The van der Waals surface area contributed by atoms with Crippen molar-refractivity contribution in [1.29, 1.82) is 0 Å². The van der Waals surface area contributed by atoms with Crippen molar-refractivity contribution in [3.8, 4) is 5.82 Å². The Morgan fingerprint density at radius 2 is 1.79 bits per heavy atom. The normalized spacial score (nSPS) is 19.0. The Labute approximate surface area is 173 Å². The Morgan fingerprint density at radius 3 is 2.45 bits per heavy atom. The van der Waals surface area contributed by atoms with E-state index in [-0.39, 0.29) is 0 Å². The van der Waals surface area contributed by atoms with Crippen LogP contribution in [0, 0.1) is 19.8 Å². The lowest BCUT2D eigenvalue weighted by atomic mass is 9.99. The van der Waals surface area contributed by atoms with Gasteiger partial charge in [-0.25, -0.2) is 9.67 Å². The number of carbonyl (C=O) groups is 1. The quantitative estimate of drug-likeness (QED) is 0.794. The van der Waals surface area contributed by atoms with Gasteiger partial charge >= 0.3 is 0 Å². The predicted molar refractivity (Wildman–Crippen MR) is 114 cm³/mol. The van der Waals surface area contributed by atoms with Gasteiger partial charge < -0.3 is 9.80 Å². The summed E-state index contributed by atoms with van der Waals surface area (Å²) < 4.78 is 1.93. The van der Waals surface area contributed by atoms with Crippen molar-refractivity contribution in [1.82, 2.24) is 24.6 Å². The summed E-state index contributed by atoms with van der Waals surface area (Å²) in [5.41, 5.74) is 3.35. The van der Waals surface area contributed by atoms with E-state index in [9.17, 15) is 4.79 Å². The standard InChI is InChI=1S/C22H32N6O/c1-17-7-10-26(11-8-17)21(29)16-25-12-14-27(15-13-25)22-18(2)24-28(19(22)3)20-6-4-5-9-23-20/h4-6,9,17H,7-8,10-16H2,1-3H3. The fourth-order valence-electron chi connectivity index (χ4n) is 4.47. The first-order valence-corrected chi connectivity index (χ1v) is 10.8. The number of hydrogen-bond acceptors (Lipinski definition) is 5. The average Bonchev–Trinajstić information content (AvgIpc) is 3.04. The van der Waals surface area contributed by atoms with E-state index in [0.29, 0.717) is 12.5 Å². The summed E-state index contributed by atoms with van der Waals surface area (Å²) in [6.45, 7) is 12.5. The predicted octanol–water partition coefficient (Wildman–Crippen LogP) is 2.26. The molecule has 0 radical (unpaired) electrons. The number of likely N-dealkylation sites (tertiary alicyclic amines) is 1. The smallest absolute Gasteiger partial charge is 0.236 e. The maximum atomic E-state index is 12.6. The molecule has 2 aromatic rings. The van der Waals surface area contributed by atoms with Crippen molar-refractivity contribution < 1.29 is 4.79 Å². The van der Waals surface area contributed by atoms with Gasteiger partial charge in [-0.3, -0.25) is 9.69 Å². The molecule has 2 fully saturated rings. The van der Waals surface area contributed by atoms with E-state index >= 15 is 0 Å². The van der Waals surface area contributed by atoms with Gasteiger partial charge in [0.25, 0.3) is 0 Å². The number of nitrogens with zero attached hydrogens (tertiary/aromatic N) is 6. The molecule has 29 heavy (non-hydrogen) atoms. The Hall–Kier alpha value is -2.41. The maximum absolute atomic E-state index is 12.6. The van der Waals surface area contributed by atoms with Gasteiger partial charge in [0.15, 0.2) is 5.82 Å². The topological polar surface area (TPSA) is 57.5 Å². The second-order valence-corrected chi connectivity index (χ2v) is 8.45. The lowest BCUT2D eigenvalue weighted by Gasteiger charge is -2.37. The number of piperazine rings is 1. The summed E-state index contributed by atoms with van der Waals surface area (Å²) in [5, 5.41) is 4.73. The second-order valence-electron chi connectivity index (χ2n) is 8.45. The Bertz CT molecular complexity index is 832. The molecule has 7 nitrogen and oxygen atoms in total. The molecule has 4 rings (SSSR count). The molecule has 0 aromatic carbocycles. The number of anilines is 1. The highest BCUT2D eigenvalue weighted by Crippen LogP contribution is 2.27. The molecule has 0 atom stereocenters. The molecule has 7 heteroatoms. The first-order valence-electron chi connectivity index (χ1n) is 10.8. The Morgan fingerprint density at radius 1 is 1.07 bits per heavy atom. The summed E-state index contributed by atoms with van der Waals surface area (Å²) in [7, 11) is 0. The van der Waals surface area contributed by atoms with Crippen LogP contribution in [0.15, 0.2) is 24.4 Å². The molecule has 2 aliphatic heterocycles. The van der Waals surface area contributed by atoms with E-state index in [1.54, 1.807) is 6.20 Å².